The highest BCUT2D eigenvalue weighted by molar-refractivity contribution is 9.10. The molecule has 78 valence electrons. The maximum atomic E-state index is 5.67. The fraction of sp³-hybridized carbons (Fsp3) is 0.200. The van der Waals surface area contributed by atoms with Crippen LogP contribution < -0.4 is 0 Å². The van der Waals surface area contributed by atoms with Gasteiger partial charge in [0.2, 0.25) is 0 Å². The van der Waals surface area contributed by atoms with Crippen LogP contribution in [0.25, 0.3) is 5.69 Å². The predicted octanol–water partition coefficient (Wildman–Crippen LogP) is 3.08. The SMILES string of the molecule is Cc1ccc(-n2cc(CCl)nn2)c(Br)c1. The summed E-state index contributed by atoms with van der Waals surface area (Å²) >= 11 is 9.16. The zero-order valence-electron chi connectivity index (χ0n) is 8.11. The second-order valence-corrected chi connectivity index (χ2v) is 4.36. The van der Waals surface area contributed by atoms with Gasteiger partial charge in [0.25, 0.3) is 0 Å². The van der Waals surface area contributed by atoms with Crippen LogP contribution in [-0.2, 0) is 5.88 Å². The molecule has 0 radical (unpaired) electrons. The Morgan fingerprint density at radius 2 is 2.27 bits per heavy atom. The van der Waals surface area contributed by atoms with Crippen molar-refractivity contribution < 1.29 is 0 Å². The zero-order chi connectivity index (χ0) is 10.8. The first-order chi connectivity index (χ1) is 7.20. The smallest absolute Gasteiger partial charge is 0.0979 e. The van der Waals surface area contributed by atoms with Gasteiger partial charge in [0.15, 0.2) is 0 Å². The van der Waals surface area contributed by atoms with Crippen LogP contribution in [0.4, 0.5) is 0 Å². The van der Waals surface area contributed by atoms with Gasteiger partial charge in [0, 0.05) is 4.47 Å². The number of alkyl halides is 1. The van der Waals surface area contributed by atoms with E-state index in [1.54, 1.807) is 4.68 Å². The van der Waals surface area contributed by atoms with Crippen molar-refractivity contribution in [2.45, 2.75) is 12.8 Å². The predicted molar refractivity (Wildman–Crippen MR) is 63.4 cm³/mol. The number of aromatic nitrogens is 3. The Morgan fingerprint density at radius 3 is 2.87 bits per heavy atom. The second kappa shape index (κ2) is 4.33. The summed E-state index contributed by atoms with van der Waals surface area (Å²) in [6.07, 6.45) is 1.82. The van der Waals surface area contributed by atoms with Gasteiger partial charge in [0.05, 0.1) is 23.5 Å². The summed E-state index contributed by atoms with van der Waals surface area (Å²) in [5, 5.41) is 7.93. The molecule has 3 nitrogen and oxygen atoms in total. The van der Waals surface area contributed by atoms with Crippen LogP contribution in [0.2, 0.25) is 0 Å². The number of halogens is 2. The van der Waals surface area contributed by atoms with Crippen molar-refractivity contribution in [1.29, 1.82) is 0 Å². The number of benzene rings is 1. The topological polar surface area (TPSA) is 30.7 Å². The third-order valence-electron chi connectivity index (χ3n) is 2.03. The van der Waals surface area contributed by atoms with Gasteiger partial charge in [-0.3, -0.25) is 0 Å². The molecule has 2 aromatic rings. The fourth-order valence-corrected chi connectivity index (χ4v) is 2.07. The summed E-state index contributed by atoms with van der Waals surface area (Å²) in [5.74, 6) is 0.378. The van der Waals surface area contributed by atoms with Gasteiger partial charge in [-0.05, 0) is 40.5 Å². The molecule has 0 fully saturated rings. The molecule has 0 spiro atoms. The first kappa shape index (κ1) is 10.6. The van der Waals surface area contributed by atoms with Gasteiger partial charge < -0.3 is 0 Å². The molecule has 0 saturated heterocycles. The summed E-state index contributed by atoms with van der Waals surface area (Å²) in [5.41, 5.74) is 2.93. The second-order valence-electron chi connectivity index (χ2n) is 3.24. The van der Waals surface area contributed by atoms with E-state index in [0.717, 1.165) is 15.9 Å². The van der Waals surface area contributed by atoms with E-state index >= 15 is 0 Å². The molecule has 0 aliphatic carbocycles. The molecule has 0 bridgehead atoms. The highest BCUT2D eigenvalue weighted by Crippen LogP contribution is 2.21. The van der Waals surface area contributed by atoms with Crippen LogP contribution in [-0.4, -0.2) is 15.0 Å². The van der Waals surface area contributed by atoms with Crippen LogP contribution in [0, 0.1) is 6.92 Å². The Hall–Kier alpha value is -0.870. The van der Waals surface area contributed by atoms with Crippen LogP contribution >= 0.6 is 27.5 Å². The molecule has 0 aliphatic rings. The standard InChI is InChI=1S/C10H9BrClN3/c1-7-2-3-10(9(11)4-7)15-6-8(5-12)13-14-15/h2-4,6H,5H2,1H3. The summed E-state index contributed by atoms with van der Waals surface area (Å²) in [4.78, 5) is 0. The highest BCUT2D eigenvalue weighted by Gasteiger charge is 2.05. The van der Waals surface area contributed by atoms with Crippen LogP contribution in [0.5, 0.6) is 0 Å². The van der Waals surface area contributed by atoms with E-state index in [1.165, 1.54) is 5.56 Å². The molecule has 0 unspecified atom stereocenters. The van der Waals surface area contributed by atoms with Crippen molar-refractivity contribution in [1.82, 2.24) is 15.0 Å². The van der Waals surface area contributed by atoms with E-state index in [1.807, 2.05) is 31.3 Å². The molecular weight excluding hydrogens is 277 g/mol. The molecule has 1 aromatic carbocycles. The quantitative estimate of drug-likeness (QED) is 0.794. The number of hydrogen-bond acceptors (Lipinski definition) is 2. The minimum Gasteiger partial charge on any atom is -0.219 e. The first-order valence-corrected chi connectivity index (χ1v) is 5.77. The summed E-state index contributed by atoms with van der Waals surface area (Å²) in [6, 6.07) is 6.06. The van der Waals surface area contributed by atoms with Gasteiger partial charge in [-0.25, -0.2) is 4.68 Å². The first-order valence-electron chi connectivity index (χ1n) is 4.44. The molecule has 0 atom stereocenters. The highest BCUT2D eigenvalue weighted by atomic mass is 79.9. The molecule has 1 aromatic heterocycles. The number of aryl methyl sites for hydroxylation is 1. The molecule has 15 heavy (non-hydrogen) atoms. The van der Waals surface area contributed by atoms with Gasteiger partial charge in [-0.15, -0.1) is 16.7 Å². The fourth-order valence-electron chi connectivity index (χ4n) is 1.28. The van der Waals surface area contributed by atoms with Crippen molar-refractivity contribution >= 4 is 27.5 Å². The normalized spacial score (nSPS) is 10.6. The molecule has 0 N–H and O–H groups in total. The van der Waals surface area contributed by atoms with Crippen molar-refractivity contribution in [3.8, 4) is 5.69 Å². The Labute approximate surface area is 101 Å². The van der Waals surface area contributed by atoms with Gasteiger partial charge in [-0.2, -0.15) is 0 Å². The summed E-state index contributed by atoms with van der Waals surface area (Å²) < 4.78 is 2.70. The van der Waals surface area contributed by atoms with Crippen molar-refractivity contribution in [2.75, 3.05) is 0 Å². The number of rotatable bonds is 2. The maximum absolute atomic E-state index is 5.67. The lowest BCUT2D eigenvalue weighted by Crippen LogP contribution is -1.96. The van der Waals surface area contributed by atoms with E-state index in [2.05, 4.69) is 26.2 Å². The minimum atomic E-state index is 0.378. The molecule has 0 saturated carbocycles. The summed E-state index contributed by atoms with van der Waals surface area (Å²) in [7, 11) is 0. The molecule has 0 aliphatic heterocycles. The average Bonchev–Trinajstić information content (AvgIpc) is 2.66. The van der Waals surface area contributed by atoms with Crippen molar-refractivity contribution in [3.63, 3.8) is 0 Å². The zero-order valence-corrected chi connectivity index (χ0v) is 10.5. The molecule has 2 rings (SSSR count). The van der Waals surface area contributed by atoms with Gasteiger partial charge >= 0.3 is 0 Å². The molecular formula is C10H9BrClN3. The van der Waals surface area contributed by atoms with Crippen LogP contribution in [0.1, 0.15) is 11.3 Å². The Bertz CT molecular complexity index is 481. The lowest BCUT2D eigenvalue weighted by Gasteiger charge is -2.03. The number of nitrogens with zero attached hydrogens (tertiary/aromatic N) is 3. The molecule has 5 heteroatoms. The Balaban J connectivity index is 2.44. The average molecular weight is 287 g/mol. The monoisotopic (exact) mass is 285 g/mol. The van der Waals surface area contributed by atoms with E-state index in [0.29, 0.717) is 5.88 Å². The van der Waals surface area contributed by atoms with E-state index in [4.69, 9.17) is 11.6 Å². The number of hydrogen-bond donors (Lipinski definition) is 0. The minimum absolute atomic E-state index is 0.378. The van der Waals surface area contributed by atoms with Gasteiger partial charge in [-0.1, -0.05) is 11.3 Å². The van der Waals surface area contributed by atoms with Crippen LogP contribution in [0.15, 0.2) is 28.9 Å². The van der Waals surface area contributed by atoms with E-state index < -0.39 is 0 Å². The molecule has 1 heterocycles. The lowest BCUT2D eigenvalue weighted by molar-refractivity contribution is 0.797. The van der Waals surface area contributed by atoms with Crippen molar-refractivity contribution in [3.05, 3.63) is 40.1 Å². The van der Waals surface area contributed by atoms with E-state index in [9.17, 15) is 0 Å². The third kappa shape index (κ3) is 2.21. The van der Waals surface area contributed by atoms with Gasteiger partial charge in [0.1, 0.15) is 0 Å². The lowest BCUT2D eigenvalue weighted by atomic mass is 10.2. The van der Waals surface area contributed by atoms with Crippen LogP contribution in [0.3, 0.4) is 0 Å². The Morgan fingerprint density at radius 1 is 1.47 bits per heavy atom. The molecule has 0 amide bonds. The Kier molecular flexibility index (Phi) is 3.07. The summed E-state index contributed by atoms with van der Waals surface area (Å²) in [6.45, 7) is 2.04. The third-order valence-corrected chi connectivity index (χ3v) is 2.94. The largest absolute Gasteiger partial charge is 0.219 e. The van der Waals surface area contributed by atoms with E-state index in [-0.39, 0.29) is 0 Å². The van der Waals surface area contributed by atoms with Crippen molar-refractivity contribution in [2.24, 2.45) is 0 Å². The maximum Gasteiger partial charge on any atom is 0.0979 e.